The van der Waals surface area contributed by atoms with E-state index >= 15 is 0 Å². The van der Waals surface area contributed by atoms with Crippen molar-refractivity contribution in [3.63, 3.8) is 0 Å². The van der Waals surface area contributed by atoms with E-state index in [1.807, 2.05) is 32.0 Å². The molecule has 0 atom stereocenters. The molecule has 0 unspecified atom stereocenters. The molecular weight excluding hydrogens is 464 g/mol. The number of sulfonamides is 1. The minimum Gasteiger partial charge on any atom is -0.379 e. The van der Waals surface area contributed by atoms with Gasteiger partial charge < -0.3 is 20.3 Å². The van der Waals surface area contributed by atoms with E-state index in [1.54, 1.807) is 24.3 Å². The third-order valence-corrected chi connectivity index (χ3v) is 7.59. The molecule has 1 heterocycles. The van der Waals surface area contributed by atoms with Gasteiger partial charge >= 0.3 is 0 Å². The first kappa shape index (κ1) is 25.5. The molecule has 0 aliphatic carbocycles. The van der Waals surface area contributed by atoms with Crippen LogP contribution in [0.5, 0.6) is 0 Å². The molecule has 2 aromatic carbocycles. The highest BCUT2D eigenvalue weighted by Gasteiger charge is 2.27. The molecule has 3 rings (SSSR count). The Hall–Kier alpha value is -2.17. The molecule has 1 amide bonds. The van der Waals surface area contributed by atoms with Gasteiger partial charge in [0.15, 0.2) is 0 Å². The molecule has 0 radical (unpaired) electrons. The number of ether oxygens (including phenoxy) is 1. The summed E-state index contributed by atoms with van der Waals surface area (Å²) in [5, 5.41) is 6.63. The third kappa shape index (κ3) is 6.68. The lowest BCUT2D eigenvalue weighted by atomic mass is 10.2. The summed E-state index contributed by atoms with van der Waals surface area (Å²) in [6.07, 6.45) is 0. The molecule has 0 saturated carbocycles. The number of amides is 1. The largest absolute Gasteiger partial charge is 0.379 e. The van der Waals surface area contributed by atoms with E-state index in [4.69, 9.17) is 16.3 Å². The summed E-state index contributed by atoms with van der Waals surface area (Å²) in [6.45, 7) is 7.42. The van der Waals surface area contributed by atoms with Crippen LogP contribution in [0, 0.1) is 0 Å². The smallest absolute Gasteiger partial charge is 0.243 e. The zero-order chi connectivity index (χ0) is 23.8. The third-order valence-electron chi connectivity index (χ3n) is 5.46. The summed E-state index contributed by atoms with van der Waals surface area (Å²) in [4.78, 5) is 14.9. The first-order valence-electron chi connectivity index (χ1n) is 11.1. The highest BCUT2D eigenvalue weighted by Crippen LogP contribution is 2.30. The molecule has 0 aromatic heterocycles. The van der Waals surface area contributed by atoms with Crippen molar-refractivity contribution in [1.29, 1.82) is 0 Å². The maximum atomic E-state index is 13.1. The van der Waals surface area contributed by atoms with Crippen molar-refractivity contribution >= 4 is 38.9 Å². The van der Waals surface area contributed by atoms with Crippen LogP contribution in [0.4, 0.5) is 11.4 Å². The number of carbonyl (C=O) groups excluding carboxylic acids is 1. The molecular formula is C23H31ClN4O4S. The Morgan fingerprint density at radius 2 is 1.85 bits per heavy atom. The second-order valence-corrected chi connectivity index (χ2v) is 10.0. The average Bonchev–Trinajstić information content (AvgIpc) is 2.81. The lowest BCUT2D eigenvalue weighted by Crippen LogP contribution is -2.40. The molecule has 2 N–H and O–H groups in total. The lowest BCUT2D eigenvalue weighted by molar-refractivity contribution is -0.115. The molecule has 0 bridgehead atoms. The molecule has 1 aliphatic heterocycles. The van der Waals surface area contributed by atoms with Gasteiger partial charge in [0.2, 0.25) is 15.9 Å². The molecule has 33 heavy (non-hydrogen) atoms. The first-order valence-corrected chi connectivity index (χ1v) is 12.9. The van der Waals surface area contributed by atoms with Crippen molar-refractivity contribution < 1.29 is 17.9 Å². The SMILES string of the molecule is CCN(CC)c1ccc(S(=O)(=O)N2CCOCC2)cc1NC(=O)CNCc1cccc(Cl)c1. The Morgan fingerprint density at radius 1 is 1.12 bits per heavy atom. The zero-order valence-electron chi connectivity index (χ0n) is 19.0. The predicted molar refractivity (Wildman–Crippen MR) is 131 cm³/mol. The fourth-order valence-corrected chi connectivity index (χ4v) is 5.36. The Bertz CT molecular complexity index is 1050. The highest BCUT2D eigenvalue weighted by atomic mass is 35.5. The fraction of sp³-hybridized carbons (Fsp3) is 0.435. The molecule has 10 heteroatoms. The monoisotopic (exact) mass is 494 g/mol. The van der Waals surface area contributed by atoms with Crippen molar-refractivity contribution in [3.8, 4) is 0 Å². The minimum absolute atomic E-state index is 0.0741. The van der Waals surface area contributed by atoms with Crippen LogP contribution in [0.3, 0.4) is 0 Å². The number of anilines is 2. The number of benzene rings is 2. The van der Waals surface area contributed by atoms with E-state index in [9.17, 15) is 13.2 Å². The van der Waals surface area contributed by atoms with Crippen molar-refractivity contribution in [2.45, 2.75) is 25.3 Å². The maximum absolute atomic E-state index is 13.1. The van der Waals surface area contributed by atoms with E-state index in [2.05, 4.69) is 15.5 Å². The van der Waals surface area contributed by atoms with Gasteiger partial charge in [-0.1, -0.05) is 23.7 Å². The highest BCUT2D eigenvalue weighted by molar-refractivity contribution is 7.89. The van der Waals surface area contributed by atoms with Crippen molar-refractivity contribution in [3.05, 3.63) is 53.1 Å². The quantitative estimate of drug-likeness (QED) is 0.527. The van der Waals surface area contributed by atoms with E-state index in [0.717, 1.165) is 24.3 Å². The number of halogens is 1. The Labute approximate surface area is 200 Å². The predicted octanol–water partition coefficient (Wildman–Crippen LogP) is 2.94. The van der Waals surface area contributed by atoms with E-state index < -0.39 is 10.0 Å². The standard InChI is InChI=1S/C23H31ClN4O4S/c1-3-27(4-2)22-9-8-20(33(30,31)28-10-12-32-13-11-28)15-21(22)26-23(29)17-25-16-18-6-5-7-19(24)14-18/h5-9,14-15,25H,3-4,10-13,16-17H2,1-2H3,(H,26,29). The van der Waals surface area contributed by atoms with Crippen LogP contribution in [0.25, 0.3) is 0 Å². The van der Waals surface area contributed by atoms with Crippen LogP contribution in [-0.2, 0) is 26.1 Å². The number of carbonyl (C=O) groups is 1. The minimum atomic E-state index is -3.68. The zero-order valence-corrected chi connectivity index (χ0v) is 20.6. The molecule has 1 fully saturated rings. The Balaban J connectivity index is 1.77. The van der Waals surface area contributed by atoms with Gasteiger partial charge in [-0.2, -0.15) is 4.31 Å². The van der Waals surface area contributed by atoms with Crippen LogP contribution in [0.1, 0.15) is 19.4 Å². The van der Waals surface area contributed by atoms with Gasteiger partial charge in [-0.3, -0.25) is 4.79 Å². The van der Waals surface area contributed by atoms with E-state index in [1.165, 1.54) is 4.31 Å². The van der Waals surface area contributed by atoms with Crippen molar-refractivity contribution in [2.24, 2.45) is 0 Å². The second-order valence-electron chi connectivity index (χ2n) is 7.65. The van der Waals surface area contributed by atoms with Crippen LogP contribution >= 0.6 is 11.6 Å². The molecule has 2 aromatic rings. The average molecular weight is 495 g/mol. The second kappa shape index (κ2) is 11.8. The van der Waals surface area contributed by atoms with Crippen LogP contribution in [-0.4, -0.2) is 64.6 Å². The van der Waals surface area contributed by atoms with Crippen molar-refractivity contribution in [1.82, 2.24) is 9.62 Å². The summed E-state index contributed by atoms with van der Waals surface area (Å²) >= 11 is 6.00. The molecule has 1 aliphatic rings. The molecule has 1 saturated heterocycles. The Morgan fingerprint density at radius 3 is 2.52 bits per heavy atom. The van der Waals surface area contributed by atoms with E-state index in [-0.39, 0.29) is 17.3 Å². The number of nitrogens with one attached hydrogen (secondary N) is 2. The van der Waals surface area contributed by atoms with E-state index in [0.29, 0.717) is 43.6 Å². The normalized spacial score (nSPS) is 14.8. The fourth-order valence-electron chi connectivity index (χ4n) is 3.71. The number of nitrogens with zero attached hydrogens (tertiary/aromatic N) is 2. The summed E-state index contributed by atoms with van der Waals surface area (Å²) in [6, 6.07) is 12.3. The number of morpholine rings is 1. The topological polar surface area (TPSA) is 91.0 Å². The number of rotatable bonds is 10. The van der Waals surface area contributed by atoms with Crippen LogP contribution < -0.4 is 15.5 Å². The molecule has 180 valence electrons. The van der Waals surface area contributed by atoms with Crippen molar-refractivity contribution in [2.75, 3.05) is 56.2 Å². The Kier molecular flexibility index (Phi) is 9.10. The molecule has 0 spiro atoms. The summed E-state index contributed by atoms with van der Waals surface area (Å²) in [5.41, 5.74) is 2.23. The number of hydrogen-bond acceptors (Lipinski definition) is 6. The van der Waals surface area contributed by atoms with Gasteiger partial charge in [0.25, 0.3) is 0 Å². The summed E-state index contributed by atoms with van der Waals surface area (Å²) in [7, 11) is -3.68. The first-order chi connectivity index (χ1) is 15.8. The number of hydrogen-bond donors (Lipinski definition) is 2. The van der Waals surface area contributed by atoms with Gasteiger partial charge in [0.05, 0.1) is 36.0 Å². The van der Waals surface area contributed by atoms with Crippen LogP contribution in [0.15, 0.2) is 47.4 Å². The van der Waals surface area contributed by atoms with Gasteiger partial charge in [0.1, 0.15) is 0 Å². The van der Waals surface area contributed by atoms with Gasteiger partial charge in [-0.15, -0.1) is 0 Å². The maximum Gasteiger partial charge on any atom is 0.243 e. The van der Waals surface area contributed by atoms with Gasteiger partial charge in [-0.05, 0) is 49.7 Å². The van der Waals surface area contributed by atoms with Gasteiger partial charge in [0, 0.05) is 37.7 Å². The molecule has 8 nitrogen and oxygen atoms in total. The van der Waals surface area contributed by atoms with Crippen LogP contribution in [0.2, 0.25) is 5.02 Å². The summed E-state index contributed by atoms with van der Waals surface area (Å²) < 4.78 is 32.9. The lowest BCUT2D eigenvalue weighted by Gasteiger charge is -2.28. The summed E-state index contributed by atoms with van der Waals surface area (Å²) in [5.74, 6) is -0.258. The van der Waals surface area contributed by atoms with Gasteiger partial charge in [-0.25, -0.2) is 8.42 Å².